The Morgan fingerprint density at radius 2 is 2.25 bits per heavy atom. The predicted molar refractivity (Wildman–Crippen MR) is 49.3 cm³/mol. The van der Waals surface area contributed by atoms with Crippen molar-refractivity contribution in [2.75, 3.05) is 0 Å². The maximum absolute atomic E-state index is 9.25. The number of hydrogen-bond donors (Lipinski definition) is 2. The molecule has 0 aliphatic heterocycles. The van der Waals surface area contributed by atoms with E-state index in [9.17, 15) is 4.79 Å². The lowest BCUT2D eigenvalue weighted by Crippen LogP contribution is -1.82. The van der Waals surface area contributed by atoms with Gasteiger partial charge in [0, 0.05) is 12.3 Å². The van der Waals surface area contributed by atoms with Gasteiger partial charge in [0.25, 0.3) is 0 Å². The summed E-state index contributed by atoms with van der Waals surface area (Å²) in [5.41, 5.74) is 0. The Morgan fingerprint density at radius 1 is 1.67 bits per heavy atom. The van der Waals surface area contributed by atoms with Crippen LogP contribution in [0.3, 0.4) is 0 Å². The number of thiol groups is 1. The third kappa shape index (κ3) is 6.82. The van der Waals surface area contributed by atoms with Gasteiger partial charge in [-0.05, 0) is 12.1 Å². The van der Waals surface area contributed by atoms with E-state index in [1.54, 1.807) is 6.20 Å². The van der Waals surface area contributed by atoms with Crippen molar-refractivity contribution in [3.63, 3.8) is 0 Å². The van der Waals surface area contributed by atoms with Gasteiger partial charge in [-0.2, -0.15) is 0 Å². The maximum atomic E-state index is 9.25. The molecule has 0 saturated carbocycles. The average Bonchev–Trinajstić information content (AvgIpc) is 2.07. The molecule has 0 aliphatic carbocycles. The van der Waals surface area contributed by atoms with Crippen LogP contribution >= 0.6 is 12.6 Å². The summed E-state index contributed by atoms with van der Waals surface area (Å²) in [6.45, 7) is 2.96. The van der Waals surface area contributed by atoms with Gasteiger partial charge < -0.3 is 5.11 Å². The van der Waals surface area contributed by atoms with E-state index >= 15 is 0 Å². The zero-order valence-corrected chi connectivity index (χ0v) is 7.24. The van der Waals surface area contributed by atoms with Gasteiger partial charge in [-0.3, -0.25) is 4.98 Å². The van der Waals surface area contributed by atoms with Crippen molar-refractivity contribution in [3.05, 3.63) is 37.1 Å². The van der Waals surface area contributed by atoms with E-state index in [0.29, 0.717) is 0 Å². The topological polar surface area (TPSA) is 50.2 Å². The molecule has 0 radical (unpaired) electrons. The summed E-state index contributed by atoms with van der Waals surface area (Å²) in [7, 11) is 0. The molecule has 64 valence electrons. The first-order valence-electron chi connectivity index (χ1n) is 3.12. The van der Waals surface area contributed by atoms with Crippen LogP contribution < -0.4 is 0 Å². The molecule has 0 atom stereocenters. The second-order valence-electron chi connectivity index (χ2n) is 1.73. The molecule has 0 aliphatic rings. The molecule has 0 unspecified atom stereocenters. The van der Waals surface area contributed by atoms with Gasteiger partial charge in [0.1, 0.15) is 0 Å². The van der Waals surface area contributed by atoms with E-state index in [0.717, 1.165) is 11.1 Å². The number of rotatable bonds is 1. The number of aromatic nitrogens is 1. The summed E-state index contributed by atoms with van der Waals surface area (Å²) < 4.78 is 0. The molecule has 1 aromatic rings. The Labute approximate surface area is 76.2 Å². The van der Waals surface area contributed by atoms with Crippen LogP contribution in [0.2, 0.25) is 0 Å². The fraction of sp³-hybridized carbons (Fsp3) is 0. The van der Waals surface area contributed by atoms with Gasteiger partial charge in [0.15, 0.2) is 0 Å². The number of carboxylic acids is 1. The van der Waals surface area contributed by atoms with E-state index in [1.807, 2.05) is 18.2 Å². The third-order valence-corrected chi connectivity index (χ3v) is 1.09. The molecule has 1 rings (SSSR count). The molecule has 1 heterocycles. The van der Waals surface area contributed by atoms with Gasteiger partial charge in [-0.1, -0.05) is 12.6 Å². The van der Waals surface area contributed by atoms with Gasteiger partial charge in [0.05, 0.1) is 5.03 Å². The molecule has 1 aromatic heterocycles. The lowest BCUT2D eigenvalue weighted by Gasteiger charge is -1.81. The fourth-order valence-corrected chi connectivity index (χ4v) is 0.506. The molecule has 0 aromatic carbocycles. The number of carboxylic acid groups (broad SMARTS) is 1. The van der Waals surface area contributed by atoms with Crippen LogP contribution in [-0.2, 0) is 4.79 Å². The number of nitrogens with zero attached hydrogens (tertiary/aromatic N) is 1. The van der Waals surface area contributed by atoms with E-state index in [1.165, 1.54) is 0 Å². The fourth-order valence-electron chi connectivity index (χ4n) is 0.354. The highest BCUT2D eigenvalue weighted by Crippen LogP contribution is 1.95. The van der Waals surface area contributed by atoms with E-state index in [4.69, 9.17) is 5.11 Å². The molecule has 0 bridgehead atoms. The van der Waals surface area contributed by atoms with Gasteiger partial charge in [0.2, 0.25) is 0 Å². The largest absolute Gasteiger partial charge is 0.478 e. The normalized spacial score (nSPS) is 7.75. The third-order valence-electron chi connectivity index (χ3n) is 0.824. The predicted octanol–water partition coefficient (Wildman–Crippen LogP) is 1.63. The second kappa shape index (κ2) is 6.42. The van der Waals surface area contributed by atoms with Crippen LogP contribution in [0.4, 0.5) is 0 Å². The van der Waals surface area contributed by atoms with Gasteiger partial charge in [-0.25, -0.2) is 4.79 Å². The number of pyridine rings is 1. The summed E-state index contributed by atoms with van der Waals surface area (Å²) >= 11 is 3.97. The lowest BCUT2D eigenvalue weighted by atomic mass is 10.5. The molecule has 12 heavy (non-hydrogen) atoms. The summed E-state index contributed by atoms with van der Waals surface area (Å²) in [6.07, 6.45) is 2.54. The summed E-state index contributed by atoms with van der Waals surface area (Å²) in [5, 5.41) is 8.37. The maximum Gasteiger partial charge on any atom is 0.327 e. The standard InChI is InChI=1S/C5H5NS.C3H4O2/c7-5-3-1-2-4-6-5;1-2-3(4)5/h1-4H,(H,6,7);2H,1H2,(H,4,5). The molecule has 0 saturated heterocycles. The lowest BCUT2D eigenvalue weighted by molar-refractivity contribution is -0.131. The Kier molecular flexibility index (Phi) is 5.73. The Balaban J connectivity index is 0.000000217. The quantitative estimate of drug-likeness (QED) is 0.514. The van der Waals surface area contributed by atoms with Crippen molar-refractivity contribution >= 4 is 18.6 Å². The van der Waals surface area contributed by atoms with E-state index < -0.39 is 5.97 Å². The van der Waals surface area contributed by atoms with Crippen LogP contribution in [0.25, 0.3) is 0 Å². The summed E-state index contributed by atoms with van der Waals surface area (Å²) in [5.74, 6) is -0.981. The number of carbonyl (C=O) groups is 1. The average molecular weight is 183 g/mol. The SMILES string of the molecule is C=CC(=O)O.Sc1ccccn1. The van der Waals surface area contributed by atoms with Crippen LogP contribution in [0.5, 0.6) is 0 Å². The molecule has 0 spiro atoms. The van der Waals surface area contributed by atoms with Gasteiger partial charge >= 0.3 is 5.97 Å². The Morgan fingerprint density at radius 3 is 2.42 bits per heavy atom. The molecular weight excluding hydrogens is 174 g/mol. The van der Waals surface area contributed by atoms with Gasteiger partial charge in [-0.15, -0.1) is 12.6 Å². The molecule has 0 fully saturated rings. The van der Waals surface area contributed by atoms with Crippen molar-refractivity contribution in [1.82, 2.24) is 4.98 Å². The minimum atomic E-state index is -0.981. The minimum absolute atomic E-state index is 0.766. The van der Waals surface area contributed by atoms with Crippen LogP contribution in [-0.4, -0.2) is 16.1 Å². The smallest absolute Gasteiger partial charge is 0.327 e. The first kappa shape index (κ1) is 10.7. The highest BCUT2D eigenvalue weighted by atomic mass is 32.1. The highest BCUT2D eigenvalue weighted by Gasteiger charge is 1.74. The number of aliphatic carboxylic acids is 1. The van der Waals surface area contributed by atoms with Crippen LogP contribution in [0, 0.1) is 0 Å². The van der Waals surface area contributed by atoms with Crippen molar-refractivity contribution in [1.29, 1.82) is 0 Å². The first-order chi connectivity index (χ1) is 5.66. The highest BCUT2D eigenvalue weighted by molar-refractivity contribution is 7.80. The molecule has 4 heteroatoms. The van der Waals surface area contributed by atoms with Crippen LogP contribution in [0.1, 0.15) is 0 Å². The Bertz CT molecular complexity index is 248. The van der Waals surface area contributed by atoms with Crippen molar-refractivity contribution in [3.8, 4) is 0 Å². The first-order valence-corrected chi connectivity index (χ1v) is 3.57. The zero-order valence-electron chi connectivity index (χ0n) is 6.34. The number of hydrogen-bond acceptors (Lipinski definition) is 3. The molecule has 0 amide bonds. The van der Waals surface area contributed by atoms with E-state index in [2.05, 4.69) is 24.2 Å². The zero-order chi connectivity index (χ0) is 9.40. The molecule has 3 nitrogen and oxygen atoms in total. The van der Waals surface area contributed by atoms with Crippen molar-refractivity contribution < 1.29 is 9.90 Å². The molecular formula is C8H9NO2S. The van der Waals surface area contributed by atoms with Crippen molar-refractivity contribution in [2.24, 2.45) is 0 Å². The Hall–Kier alpha value is -1.29. The summed E-state index contributed by atoms with van der Waals surface area (Å²) in [6, 6.07) is 5.60. The minimum Gasteiger partial charge on any atom is -0.478 e. The van der Waals surface area contributed by atoms with Crippen LogP contribution in [0.15, 0.2) is 42.1 Å². The second-order valence-corrected chi connectivity index (χ2v) is 2.19. The summed E-state index contributed by atoms with van der Waals surface area (Å²) in [4.78, 5) is 13.1. The van der Waals surface area contributed by atoms with E-state index in [-0.39, 0.29) is 0 Å². The van der Waals surface area contributed by atoms with Crippen molar-refractivity contribution in [2.45, 2.75) is 5.03 Å². The monoisotopic (exact) mass is 183 g/mol. The molecule has 1 N–H and O–H groups in total.